The van der Waals surface area contributed by atoms with Crippen LogP contribution in [0.2, 0.25) is 0 Å². The van der Waals surface area contributed by atoms with Gasteiger partial charge in [0, 0.05) is 11.1 Å². The van der Waals surface area contributed by atoms with Crippen molar-refractivity contribution in [1.82, 2.24) is 9.97 Å². The van der Waals surface area contributed by atoms with Crippen LogP contribution in [-0.2, 0) is 6.54 Å². The zero-order valence-corrected chi connectivity index (χ0v) is 9.21. The van der Waals surface area contributed by atoms with Gasteiger partial charge in [-0.25, -0.2) is 9.97 Å². The SMILES string of the molecule is Cc1cnc(CNc2cccc(N)n2)s1. The Balaban J connectivity index is 1.99. The second kappa shape index (κ2) is 4.27. The Morgan fingerprint density at radius 2 is 2.33 bits per heavy atom. The van der Waals surface area contributed by atoms with E-state index >= 15 is 0 Å². The third kappa shape index (κ3) is 2.66. The number of hydrogen-bond acceptors (Lipinski definition) is 5. The summed E-state index contributed by atoms with van der Waals surface area (Å²) in [6, 6.07) is 5.52. The average molecular weight is 220 g/mol. The van der Waals surface area contributed by atoms with E-state index in [2.05, 4.69) is 15.3 Å². The lowest BCUT2D eigenvalue weighted by atomic mass is 10.4. The first-order chi connectivity index (χ1) is 7.24. The maximum absolute atomic E-state index is 5.57. The first-order valence-electron chi connectivity index (χ1n) is 4.62. The molecule has 78 valence electrons. The maximum Gasteiger partial charge on any atom is 0.128 e. The van der Waals surface area contributed by atoms with E-state index in [4.69, 9.17) is 5.73 Å². The molecule has 0 unspecified atom stereocenters. The molecule has 2 heterocycles. The largest absolute Gasteiger partial charge is 0.384 e. The van der Waals surface area contributed by atoms with E-state index in [0.717, 1.165) is 10.8 Å². The third-order valence-electron chi connectivity index (χ3n) is 1.86. The van der Waals surface area contributed by atoms with Gasteiger partial charge in [0.15, 0.2) is 0 Å². The van der Waals surface area contributed by atoms with E-state index in [0.29, 0.717) is 12.4 Å². The van der Waals surface area contributed by atoms with Crippen LogP contribution in [0.25, 0.3) is 0 Å². The number of aryl methyl sites for hydroxylation is 1. The van der Waals surface area contributed by atoms with Crippen LogP contribution in [-0.4, -0.2) is 9.97 Å². The molecule has 3 N–H and O–H groups in total. The van der Waals surface area contributed by atoms with Crippen molar-refractivity contribution in [3.05, 3.63) is 34.3 Å². The quantitative estimate of drug-likeness (QED) is 0.830. The number of rotatable bonds is 3. The van der Waals surface area contributed by atoms with Crippen LogP contribution in [0.5, 0.6) is 0 Å². The van der Waals surface area contributed by atoms with Gasteiger partial charge in [0.2, 0.25) is 0 Å². The molecule has 2 aromatic heterocycles. The van der Waals surface area contributed by atoms with Crippen LogP contribution in [0, 0.1) is 6.92 Å². The molecule has 0 aliphatic carbocycles. The lowest BCUT2D eigenvalue weighted by molar-refractivity contribution is 1.08. The van der Waals surface area contributed by atoms with Gasteiger partial charge >= 0.3 is 0 Å². The molecule has 0 atom stereocenters. The molecule has 5 heteroatoms. The van der Waals surface area contributed by atoms with Crippen LogP contribution in [0.15, 0.2) is 24.4 Å². The number of pyridine rings is 1. The fourth-order valence-electron chi connectivity index (χ4n) is 1.20. The summed E-state index contributed by atoms with van der Waals surface area (Å²) in [5.74, 6) is 1.30. The normalized spacial score (nSPS) is 10.2. The Labute approximate surface area is 92.2 Å². The Morgan fingerprint density at radius 3 is 3.00 bits per heavy atom. The molecule has 0 radical (unpaired) electrons. The summed E-state index contributed by atoms with van der Waals surface area (Å²) in [7, 11) is 0. The summed E-state index contributed by atoms with van der Waals surface area (Å²) in [4.78, 5) is 9.60. The maximum atomic E-state index is 5.57. The molecule has 2 rings (SSSR count). The summed E-state index contributed by atoms with van der Waals surface area (Å²) in [6.45, 7) is 2.73. The molecule has 0 amide bonds. The molecule has 0 saturated heterocycles. The number of thiazole rings is 1. The molecule has 0 aliphatic heterocycles. The molecule has 0 spiro atoms. The van der Waals surface area contributed by atoms with Gasteiger partial charge in [0.1, 0.15) is 16.6 Å². The van der Waals surface area contributed by atoms with Crippen molar-refractivity contribution < 1.29 is 0 Å². The third-order valence-corrected chi connectivity index (χ3v) is 2.77. The molecule has 0 fully saturated rings. The number of aromatic nitrogens is 2. The minimum absolute atomic E-state index is 0.523. The highest BCUT2D eigenvalue weighted by atomic mass is 32.1. The van der Waals surface area contributed by atoms with Gasteiger partial charge in [-0.1, -0.05) is 6.07 Å². The average Bonchev–Trinajstić information content (AvgIpc) is 2.62. The standard InChI is InChI=1S/C10H12N4S/c1-7-5-13-10(15-7)6-12-9-4-2-3-8(11)14-9/h2-5H,6H2,1H3,(H3,11,12,14). The number of anilines is 2. The molecule has 0 bridgehead atoms. The van der Waals surface area contributed by atoms with Crippen LogP contribution in [0.1, 0.15) is 9.88 Å². The molecule has 15 heavy (non-hydrogen) atoms. The van der Waals surface area contributed by atoms with Crippen LogP contribution in [0.4, 0.5) is 11.6 Å². The van der Waals surface area contributed by atoms with Gasteiger partial charge in [0.05, 0.1) is 6.54 Å². The van der Waals surface area contributed by atoms with E-state index in [1.807, 2.05) is 25.3 Å². The predicted molar refractivity (Wildman–Crippen MR) is 62.8 cm³/mol. The van der Waals surface area contributed by atoms with Gasteiger partial charge in [-0.3, -0.25) is 0 Å². The zero-order chi connectivity index (χ0) is 10.7. The van der Waals surface area contributed by atoms with Crippen molar-refractivity contribution >= 4 is 23.0 Å². The smallest absolute Gasteiger partial charge is 0.128 e. The summed E-state index contributed by atoms with van der Waals surface area (Å²) in [5, 5.41) is 4.22. The summed E-state index contributed by atoms with van der Waals surface area (Å²) in [5.41, 5.74) is 5.57. The second-order valence-corrected chi connectivity index (χ2v) is 4.49. The van der Waals surface area contributed by atoms with Gasteiger partial charge in [-0.05, 0) is 19.1 Å². The first-order valence-corrected chi connectivity index (χ1v) is 5.43. The predicted octanol–water partition coefficient (Wildman–Crippen LogP) is 2.04. The molecular formula is C10H12N4S. The van der Waals surface area contributed by atoms with Crippen molar-refractivity contribution in [2.45, 2.75) is 13.5 Å². The summed E-state index contributed by atoms with van der Waals surface area (Å²) >= 11 is 1.68. The minimum atomic E-state index is 0.523. The molecule has 4 nitrogen and oxygen atoms in total. The molecule has 2 aromatic rings. The lowest BCUT2D eigenvalue weighted by Crippen LogP contribution is -2.01. The molecular weight excluding hydrogens is 208 g/mol. The number of nitrogens with one attached hydrogen (secondary N) is 1. The van der Waals surface area contributed by atoms with Gasteiger partial charge < -0.3 is 11.1 Å². The van der Waals surface area contributed by atoms with E-state index in [1.54, 1.807) is 17.4 Å². The van der Waals surface area contributed by atoms with E-state index in [-0.39, 0.29) is 0 Å². The number of nitrogens with two attached hydrogens (primary N) is 1. The fourth-order valence-corrected chi connectivity index (χ4v) is 1.93. The fraction of sp³-hybridized carbons (Fsp3) is 0.200. The van der Waals surface area contributed by atoms with Gasteiger partial charge in [-0.15, -0.1) is 11.3 Å². The highest BCUT2D eigenvalue weighted by Crippen LogP contribution is 2.13. The van der Waals surface area contributed by atoms with Gasteiger partial charge in [-0.2, -0.15) is 0 Å². The highest BCUT2D eigenvalue weighted by molar-refractivity contribution is 7.11. The van der Waals surface area contributed by atoms with Crippen LogP contribution >= 0.6 is 11.3 Å². The Bertz CT molecular complexity index is 452. The lowest BCUT2D eigenvalue weighted by Gasteiger charge is -2.03. The minimum Gasteiger partial charge on any atom is -0.384 e. The van der Waals surface area contributed by atoms with Crippen LogP contribution in [0.3, 0.4) is 0 Å². The van der Waals surface area contributed by atoms with E-state index in [1.165, 1.54) is 4.88 Å². The van der Waals surface area contributed by atoms with Crippen molar-refractivity contribution in [2.24, 2.45) is 0 Å². The number of nitrogens with zero attached hydrogens (tertiary/aromatic N) is 2. The van der Waals surface area contributed by atoms with Crippen molar-refractivity contribution in [1.29, 1.82) is 0 Å². The Morgan fingerprint density at radius 1 is 1.47 bits per heavy atom. The molecule has 0 aromatic carbocycles. The topological polar surface area (TPSA) is 63.8 Å². The van der Waals surface area contributed by atoms with Crippen LogP contribution < -0.4 is 11.1 Å². The second-order valence-electron chi connectivity index (χ2n) is 3.17. The monoisotopic (exact) mass is 220 g/mol. The first kappa shape index (κ1) is 9.92. The van der Waals surface area contributed by atoms with E-state index in [9.17, 15) is 0 Å². The zero-order valence-electron chi connectivity index (χ0n) is 8.40. The number of hydrogen-bond donors (Lipinski definition) is 2. The molecule has 0 saturated carbocycles. The molecule has 0 aliphatic rings. The highest BCUT2D eigenvalue weighted by Gasteiger charge is 1.99. The van der Waals surface area contributed by atoms with Crippen molar-refractivity contribution in [3.63, 3.8) is 0 Å². The van der Waals surface area contributed by atoms with Crippen molar-refractivity contribution in [2.75, 3.05) is 11.1 Å². The Hall–Kier alpha value is -1.62. The Kier molecular flexibility index (Phi) is 2.82. The summed E-state index contributed by atoms with van der Waals surface area (Å²) < 4.78 is 0. The summed E-state index contributed by atoms with van der Waals surface area (Å²) in [6.07, 6.45) is 1.87. The van der Waals surface area contributed by atoms with E-state index < -0.39 is 0 Å². The van der Waals surface area contributed by atoms with Crippen molar-refractivity contribution in [3.8, 4) is 0 Å². The van der Waals surface area contributed by atoms with Gasteiger partial charge in [0.25, 0.3) is 0 Å². The number of nitrogen functional groups attached to an aromatic ring is 1.